The smallest absolute Gasteiger partial charge is 0.140 e. The first-order valence-corrected chi connectivity index (χ1v) is 5.81. The summed E-state index contributed by atoms with van der Waals surface area (Å²) in [4.78, 5) is 0. The van der Waals surface area contributed by atoms with Crippen LogP contribution in [0.5, 0.6) is 0 Å². The molecule has 1 unspecified atom stereocenters. The van der Waals surface area contributed by atoms with Crippen molar-refractivity contribution in [1.29, 1.82) is 5.26 Å². The first kappa shape index (κ1) is 12.0. The molecule has 0 aromatic heterocycles. The Labute approximate surface area is 93.3 Å². The zero-order valence-corrected chi connectivity index (χ0v) is 9.35. The van der Waals surface area contributed by atoms with Gasteiger partial charge in [0.1, 0.15) is 11.9 Å². The maximum absolute atomic E-state index is 13.0. The van der Waals surface area contributed by atoms with Crippen molar-refractivity contribution in [2.75, 3.05) is 5.75 Å². The quantitative estimate of drug-likeness (QED) is 0.853. The van der Waals surface area contributed by atoms with Gasteiger partial charge in [-0.3, -0.25) is 0 Å². The van der Waals surface area contributed by atoms with Gasteiger partial charge in [-0.2, -0.15) is 17.0 Å². The molecule has 2 N–H and O–H groups in total. The number of nitrogens with zero attached hydrogens (tertiary/aromatic N) is 1. The molecule has 0 heterocycles. The van der Waals surface area contributed by atoms with Crippen LogP contribution in [0.15, 0.2) is 18.2 Å². The topological polar surface area (TPSA) is 49.8 Å². The van der Waals surface area contributed by atoms with Crippen molar-refractivity contribution in [2.45, 2.75) is 18.7 Å². The van der Waals surface area contributed by atoms with Crippen LogP contribution >= 0.6 is 11.8 Å². The molecule has 0 aliphatic rings. The second kappa shape index (κ2) is 5.74. The molecule has 0 aliphatic heterocycles. The van der Waals surface area contributed by atoms with Gasteiger partial charge < -0.3 is 5.73 Å². The lowest BCUT2D eigenvalue weighted by molar-refractivity contribution is 0.623. The van der Waals surface area contributed by atoms with Crippen molar-refractivity contribution >= 4 is 11.8 Å². The van der Waals surface area contributed by atoms with E-state index in [2.05, 4.69) is 0 Å². The van der Waals surface area contributed by atoms with E-state index >= 15 is 0 Å². The number of nitrogens with two attached hydrogens (primary N) is 1. The third-order valence-electron chi connectivity index (χ3n) is 1.80. The SMILES string of the molecule is CC(N)CSCc1ccc(F)c(C#N)c1. The lowest BCUT2D eigenvalue weighted by atomic mass is 10.1. The van der Waals surface area contributed by atoms with Crippen molar-refractivity contribution < 1.29 is 4.39 Å². The van der Waals surface area contributed by atoms with Crippen LogP contribution in [0.2, 0.25) is 0 Å². The first-order chi connectivity index (χ1) is 7.13. The maximum Gasteiger partial charge on any atom is 0.140 e. The third-order valence-corrected chi connectivity index (χ3v) is 3.10. The third kappa shape index (κ3) is 3.90. The Bertz CT molecular complexity index is 371. The van der Waals surface area contributed by atoms with Crippen LogP contribution in [0.1, 0.15) is 18.1 Å². The van der Waals surface area contributed by atoms with Gasteiger partial charge in [-0.25, -0.2) is 4.39 Å². The molecule has 1 rings (SSSR count). The molecule has 1 atom stereocenters. The summed E-state index contributed by atoms with van der Waals surface area (Å²) >= 11 is 1.68. The Balaban J connectivity index is 2.60. The minimum Gasteiger partial charge on any atom is -0.327 e. The molecule has 0 fully saturated rings. The summed E-state index contributed by atoms with van der Waals surface area (Å²) < 4.78 is 13.0. The zero-order valence-electron chi connectivity index (χ0n) is 8.53. The average Bonchev–Trinajstić information content (AvgIpc) is 2.20. The molecule has 0 saturated carbocycles. The van der Waals surface area contributed by atoms with Gasteiger partial charge in [0, 0.05) is 17.5 Å². The lowest BCUT2D eigenvalue weighted by Gasteiger charge is -2.05. The number of hydrogen-bond donors (Lipinski definition) is 1. The van der Waals surface area contributed by atoms with E-state index in [9.17, 15) is 4.39 Å². The van der Waals surface area contributed by atoms with Gasteiger partial charge in [0.05, 0.1) is 5.56 Å². The summed E-state index contributed by atoms with van der Waals surface area (Å²) in [5.74, 6) is 1.16. The minimum atomic E-state index is -0.460. The number of hydrogen-bond acceptors (Lipinski definition) is 3. The number of nitriles is 1. The predicted octanol–water partition coefficient (Wildman–Crippen LogP) is 2.28. The van der Waals surface area contributed by atoms with Crippen molar-refractivity contribution in [1.82, 2.24) is 0 Å². The summed E-state index contributed by atoms with van der Waals surface area (Å²) in [7, 11) is 0. The summed E-state index contributed by atoms with van der Waals surface area (Å²) in [6.07, 6.45) is 0. The van der Waals surface area contributed by atoms with Crippen molar-refractivity contribution in [3.63, 3.8) is 0 Å². The van der Waals surface area contributed by atoms with Crippen molar-refractivity contribution in [3.05, 3.63) is 35.1 Å². The Morgan fingerprint density at radius 3 is 2.93 bits per heavy atom. The molecule has 0 saturated heterocycles. The molecule has 0 radical (unpaired) electrons. The van der Waals surface area contributed by atoms with E-state index in [1.165, 1.54) is 6.07 Å². The highest BCUT2D eigenvalue weighted by Crippen LogP contribution is 2.16. The zero-order chi connectivity index (χ0) is 11.3. The average molecular weight is 224 g/mol. The van der Waals surface area contributed by atoms with Gasteiger partial charge in [0.15, 0.2) is 0 Å². The van der Waals surface area contributed by atoms with Crippen LogP contribution in [0, 0.1) is 17.1 Å². The van der Waals surface area contributed by atoms with Gasteiger partial charge in [-0.05, 0) is 24.6 Å². The summed E-state index contributed by atoms with van der Waals surface area (Å²) in [6, 6.07) is 6.60. The summed E-state index contributed by atoms with van der Waals surface area (Å²) in [6.45, 7) is 1.94. The molecule has 2 nitrogen and oxygen atoms in total. The molecule has 4 heteroatoms. The van der Waals surface area contributed by atoms with Crippen molar-refractivity contribution in [2.24, 2.45) is 5.73 Å². The minimum absolute atomic E-state index is 0.105. The maximum atomic E-state index is 13.0. The molecule has 1 aromatic rings. The fraction of sp³-hybridized carbons (Fsp3) is 0.364. The van der Waals surface area contributed by atoms with E-state index in [0.717, 1.165) is 17.1 Å². The molecule has 80 valence electrons. The van der Waals surface area contributed by atoms with Crippen LogP contribution in [0.3, 0.4) is 0 Å². The molecular formula is C11H13FN2S. The Morgan fingerprint density at radius 1 is 1.60 bits per heavy atom. The van der Waals surface area contributed by atoms with Gasteiger partial charge in [-0.15, -0.1) is 0 Å². The van der Waals surface area contributed by atoms with Gasteiger partial charge in [-0.1, -0.05) is 6.07 Å². The van der Waals surface area contributed by atoms with Crippen LogP contribution in [-0.2, 0) is 5.75 Å². The van der Waals surface area contributed by atoms with Gasteiger partial charge in [0.2, 0.25) is 0 Å². The standard InChI is InChI=1S/C11H13FN2S/c1-8(14)6-15-7-9-2-3-11(12)10(4-9)5-13/h2-4,8H,6-7,14H2,1H3. The highest BCUT2D eigenvalue weighted by atomic mass is 32.2. The number of halogens is 1. The predicted molar refractivity (Wildman–Crippen MR) is 60.9 cm³/mol. The Kier molecular flexibility index (Phi) is 4.60. The highest BCUT2D eigenvalue weighted by molar-refractivity contribution is 7.98. The fourth-order valence-electron chi connectivity index (χ4n) is 1.11. The van der Waals surface area contributed by atoms with E-state index < -0.39 is 5.82 Å². The van der Waals surface area contributed by atoms with E-state index in [-0.39, 0.29) is 11.6 Å². The van der Waals surface area contributed by atoms with Gasteiger partial charge >= 0.3 is 0 Å². The largest absolute Gasteiger partial charge is 0.327 e. The second-order valence-electron chi connectivity index (χ2n) is 3.42. The number of benzene rings is 1. The molecule has 15 heavy (non-hydrogen) atoms. The lowest BCUT2D eigenvalue weighted by Crippen LogP contribution is -2.17. The fourth-order valence-corrected chi connectivity index (χ4v) is 2.02. The molecule has 0 amide bonds. The highest BCUT2D eigenvalue weighted by Gasteiger charge is 2.03. The number of thioether (sulfide) groups is 1. The molecular weight excluding hydrogens is 211 g/mol. The van der Waals surface area contributed by atoms with E-state index in [1.54, 1.807) is 23.9 Å². The summed E-state index contributed by atoms with van der Waals surface area (Å²) in [5, 5.41) is 8.64. The number of rotatable bonds is 4. The van der Waals surface area contributed by atoms with Gasteiger partial charge in [0.25, 0.3) is 0 Å². The second-order valence-corrected chi connectivity index (χ2v) is 4.45. The van der Waals surface area contributed by atoms with Crippen LogP contribution in [0.25, 0.3) is 0 Å². The molecule has 1 aromatic carbocycles. The normalized spacial score (nSPS) is 12.1. The van der Waals surface area contributed by atoms with E-state index in [4.69, 9.17) is 11.0 Å². The summed E-state index contributed by atoms with van der Waals surface area (Å²) in [5.41, 5.74) is 6.67. The van der Waals surface area contributed by atoms with Crippen LogP contribution < -0.4 is 5.73 Å². The van der Waals surface area contributed by atoms with E-state index in [0.29, 0.717) is 0 Å². The van der Waals surface area contributed by atoms with E-state index in [1.807, 2.05) is 13.0 Å². The molecule has 0 spiro atoms. The van der Waals surface area contributed by atoms with Crippen molar-refractivity contribution in [3.8, 4) is 6.07 Å². The van der Waals surface area contributed by atoms with Crippen LogP contribution in [0.4, 0.5) is 4.39 Å². The Morgan fingerprint density at radius 2 is 2.33 bits per heavy atom. The Hall–Kier alpha value is -1.05. The monoisotopic (exact) mass is 224 g/mol. The van der Waals surface area contributed by atoms with Crippen LogP contribution in [-0.4, -0.2) is 11.8 Å². The molecule has 0 bridgehead atoms. The first-order valence-electron chi connectivity index (χ1n) is 4.65. The molecule has 0 aliphatic carbocycles.